The van der Waals surface area contributed by atoms with Crippen LogP contribution in [0.2, 0.25) is 0 Å². The lowest BCUT2D eigenvalue weighted by Gasteiger charge is -2.14. The number of benzene rings is 1. The Bertz CT molecular complexity index is 536. The first-order chi connectivity index (χ1) is 8.72. The Balaban J connectivity index is 2.18. The third-order valence-corrected chi connectivity index (χ3v) is 2.85. The highest BCUT2D eigenvalue weighted by atomic mass is 16.4. The molecular formula is C13H17N3O2. The van der Waals surface area contributed by atoms with Crippen LogP contribution in [0.25, 0.3) is 10.9 Å². The molecule has 0 bridgehead atoms. The summed E-state index contributed by atoms with van der Waals surface area (Å²) in [6.45, 7) is 3.04. The normalized spacial score (nSPS) is 12.7. The monoisotopic (exact) mass is 247 g/mol. The van der Waals surface area contributed by atoms with E-state index in [9.17, 15) is 4.79 Å². The summed E-state index contributed by atoms with van der Waals surface area (Å²) in [5, 5.41) is 17.4. The average Bonchev–Trinajstić information content (AvgIpc) is 2.77. The standard InChI is InChI=1S/C13H17N3O2/c1-2-7-14-11(13(17)18)9-16-12-6-4-3-5-10(12)8-15-16/h3-6,8,11,14H,2,7,9H2,1H3,(H,17,18). The van der Waals surface area contributed by atoms with Gasteiger partial charge >= 0.3 is 5.97 Å². The zero-order chi connectivity index (χ0) is 13.0. The first kappa shape index (κ1) is 12.6. The number of hydrogen-bond acceptors (Lipinski definition) is 3. The number of carboxylic acids is 1. The molecule has 1 aromatic carbocycles. The van der Waals surface area contributed by atoms with Crippen LogP contribution < -0.4 is 5.32 Å². The molecule has 0 fully saturated rings. The van der Waals surface area contributed by atoms with Crippen molar-refractivity contribution in [2.24, 2.45) is 0 Å². The lowest BCUT2D eigenvalue weighted by atomic mass is 10.2. The van der Waals surface area contributed by atoms with Gasteiger partial charge in [0.05, 0.1) is 18.3 Å². The van der Waals surface area contributed by atoms with Gasteiger partial charge in [-0.25, -0.2) is 0 Å². The van der Waals surface area contributed by atoms with E-state index < -0.39 is 12.0 Å². The predicted octanol–water partition coefficient (Wildman–Crippen LogP) is 1.49. The highest BCUT2D eigenvalue weighted by Gasteiger charge is 2.18. The third-order valence-electron chi connectivity index (χ3n) is 2.85. The number of carbonyl (C=O) groups is 1. The molecule has 96 valence electrons. The summed E-state index contributed by atoms with van der Waals surface area (Å²) in [6.07, 6.45) is 2.66. The van der Waals surface area contributed by atoms with Crippen LogP contribution in [0.5, 0.6) is 0 Å². The molecule has 2 rings (SSSR count). The van der Waals surface area contributed by atoms with Crippen molar-refractivity contribution in [1.82, 2.24) is 15.1 Å². The van der Waals surface area contributed by atoms with E-state index in [0.29, 0.717) is 13.1 Å². The topological polar surface area (TPSA) is 67.2 Å². The van der Waals surface area contributed by atoms with E-state index in [1.807, 2.05) is 31.2 Å². The molecule has 0 amide bonds. The smallest absolute Gasteiger partial charge is 0.322 e. The van der Waals surface area contributed by atoms with Crippen LogP contribution in [0.15, 0.2) is 30.5 Å². The molecular weight excluding hydrogens is 230 g/mol. The van der Waals surface area contributed by atoms with E-state index in [1.54, 1.807) is 10.9 Å². The molecule has 0 radical (unpaired) electrons. The van der Waals surface area contributed by atoms with E-state index in [4.69, 9.17) is 5.11 Å². The fraction of sp³-hybridized carbons (Fsp3) is 0.385. The van der Waals surface area contributed by atoms with E-state index in [2.05, 4.69) is 10.4 Å². The largest absolute Gasteiger partial charge is 0.480 e. The van der Waals surface area contributed by atoms with Crippen LogP contribution in [-0.2, 0) is 11.3 Å². The van der Waals surface area contributed by atoms with Crippen LogP contribution in [0, 0.1) is 0 Å². The minimum Gasteiger partial charge on any atom is -0.480 e. The van der Waals surface area contributed by atoms with Gasteiger partial charge in [-0.2, -0.15) is 5.10 Å². The second-order valence-electron chi connectivity index (χ2n) is 4.23. The SMILES string of the molecule is CCCNC(Cn1ncc2ccccc21)C(=O)O. The van der Waals surface area contributed by atoms with E-state index >= 15 is 0 Å². The number of aromatic nitrogens is 2. The molecule has 2 aromatic rings. The van der Waals surface area contributed by atoms with Gasteiger partial charge in [0.15, 0.2) is 0 Å². The van der Waals surface area contributed by atoms with Gasteiger partial charge in [-0.3, -0.25) is 9.48 Å². The molecule has 0 aliphatic heterocycles. The minimum atomic E-state index is -0.844. The van der Waals surface area contributed by atoms with Crippen LogP contribution in [0.4, 0.5) is 0 Å². The summed E-state index contributed by atoms with van der Waals surface area (Å²) in [5.41, 5.74) is 0.960. The number of nitrogens with one attached hydrogen (secondary N) is 1. The van der Waals surface area contributed by atoms with Crippen molar-refractivity contribution in [3.8, 4) is 0 Å². The maximum atomic E-state index is 11.2. The van der Waals surface area contributed by atoms with Crippen molar-refractivity contribution < 1.29 is 9.90 Å². The fourth-order valence-electron chi connectivity index (χ4n) is 1.89. The highest BCUT2D eigenvalue weighted by molar-refractivity contribution is 5.79. The second kappa shape index (κ2) is 5.64. The number of rotatable bonds is 6. The van der Waals surface area contributed by atoms with Gasteiger partial charge < -0.3 is 10.4 Å². The molecule has 18 heavy (non-hydrogen) atoms. The zero-order valence-electron chi connectivity index (χ0n) is 10.3. The predicted molar refractivity (Wildman–Crippen MR) is 69.5 cm³/mol. The van der Waals surface area contributed by atoms with Gasteiger partial charge in [-0.15, -0.1) is 0 Å². The maximum Gasteiger partial charge on any atom is 0.322 e. The Morgan fingerprint density at radius 2 is 2.28 bits per heavy atom. The van der Waals surface area contributed by atoms with Crippen molar-refractivity contribution >= 4 is 16.9 Å². The van der Waals surface area contributed by atoms with Gasteiger partial charge in [0.1, 0.15) is 6.04 Å². The molecule has 0 saturated heterocycles. The Labute approximate surface area is 105 Å². The summed E-state index contributed by atoms with van der Waals surface area (Å²) in [5.74, 6) is -0.844. The van der Waals surface area contributed by atoms with E-state index in [-0.39, 0.29) is 0 Å². The van der Waals surface area contributed by atoms with Gasteiger partial charge in [0.25, 0.3) is 0 Å². The van der Waals surface area contributed by atoms with Crippen molar-refractivity contribution in [2.75, 3.05) is 6.54 Å². The Morgan fingerprint density at radius 1 is 1.50 bits per heavy atom. The van der Waals surface area contributed by atoms with Crippen molar-refractivity contribution in [3.05, 3.63) is 30.5 Å². The number of aliphatic carboxylic acids is 1. The molecule has 0 spiro atoms. The summed E-state index contributed by atoms with van der Waals surface area (Å²) >= 11 is 0. The summed E-state index contributed by atoms with van der Waals surface area (Å²) < 4.78 is 1.73. The molecule has 2 N–H and O–H groups in total. The van der Waals surface area contributed by atoms with Crippen LogP contribution in [0.1, 0.15) is 13.3 Å². The van der Waals surface area contributed by atoms with Crippen LogP contribution in [-0.4, -0.2) is 33.4 Å². The first-order valence-electron chi connectivity index (χ1n) is 6.09. The fourth-order valence-corrected chi connectivity index (χ4v) is 1.89. The quantitative estimate of drug-likeness (QED) is 0.811. The highest BCUT2D eigenvalue weighted by Crippen LogP contribution is 2.12. The van der Waals surface area contributed by atoms with Gasteiger partial charge in [-0.1, -0.05) is 25.1 Å². The molecule has 5 nitrogen and oxygen atoms in total. The van der Waals surface area contributed by atoms with Crippen LogP contribution in [0.3, 0.4) is 0 Å². The Kier molecular flexibility index (Phi) is 3.94. The summed E-state index contributed by atoms with van der Waals surface area (Å²) in [4.78, 5) is 11.2. The lowest BCUT2D eigenvalue weighted by Crippen LogP contribution is -2.40. The molecule has 1 aromatic heterocycles. The Morgan fingerprint density at radius 3 is 3.00 bits per heavy atom. The zero-order valence-corrected chi connectivity index (χ0v) is 10.3. The number of para-hydroxylation sites is 1. The molecule has 0 saturated carbocycles. The van der Waals surface area contributed by atoms with E-state index in [1.165, 1.54) is 0 Å². The maximum absolute atomic E-state index is 11.2. The van der Waals surface area contributed by atoms with Gasteiger partial charge in [0, 0.05) is 5.39 Å². The molecule has 0 aliphatic carbocycles. The van der Waals surface area contributed by atoms with Crippen molar-refractivity contribution in [2.45, 2.75) is 25.9 Å². The molecule has 1 atom stereocenters. The first-order valence-corrected chi connectivity index (χ1v) is 6.09. The van der Waals surface area contributed by atoms with E-state index in [0.717, 1.165) is 17.3 Å². The number of carboxylic acid groups (broad SMARTS) is 1. The minimum absolute atomic E-state index is 0.336. The van der Waals surface area contributed by atoms with Crippen LogP contribution >= 0.6 is 0 Å². The van der Waals surface area contributed by atoms with Crippen molar-refractivity contribution in [1.29, 1.82) is 0 Å². The summed E-state index contributed by atoms with van der Waals surface area (Å²) in [6, 6.07) is 7.18. The molecule has 5 heteroatoms. The Hall–Kier alpha value is -1.88. The molecule has 1 heterocycles. The average molecular weight is 247 g/mol. The third kappa shape index (κ3) is 2.68. The van der Waals surface area contributed by atoms with Gasteiger partial charge in [-0.05, 0) is 19.0 Å². The molecule has 1 unspecified atom stereocenters. The van der Waals surface area contributed by atoms with Crippen molar-refractivity contribution in [3.63, 3.8) is 0 Å². The lowest BCUT2D eigenvalue weighted by molar-refractivity contribution is -0.139. The number of hydrogen-bond donors (Lipinski definition) is 2. The summed E-state index contributed by atoms with van der Waals surface area (Å²) in [7, 11) is 0. The second-order valence-corrected chi connectivity index (χ2v) is 4.23. The van der Waals surface area contributed by atoms with Gasteiger partial charge in [0.2, 0.25) is 0 Å². The molecule has 0 aliphatic rings. The number of fused-ring (bicyclic) bond motifs is 1. The number of nitrogens with zero attached hydrogens (tertiary/aromatic N) is 2.